The van der Waals surface area contributed by atoms with Gasteiger partial charge in [-0.1, -0.05) is 48.5 Å². The summed E-state index contributed by atoms with van der Waals surface area (Å²) in [5, 5.41) is 8.37. The van der Waals surface area contributed by atoms with Crippen LogP contribution in [0.2, 0.25) is 0 Å². The minimum atomic E-state index is -0.816. The SMILES string of the molecule is O=C(NN=C1CCCc2ccccc21)C(=O)NN=C1CCCc2ccccc21. The normalized spacial score (nSPS) is 18.3. The largest absolute Gasteiger partial charge is 0.331 e. The maximum absolute atomic E-state index is 12.1. The fourth-order valence-electron chi connectivity index (χ4n) is 3.77. The molecule has 6 heteroatoms. The quantitative estimate of drug-likeness (QED) is 0.626. The number of hydrogen-bond donors (Lipinski definition) is 2. The van der Waals surface area contributed by atoms with E-state index in [-0.39, 0.29) is 0 Å². The monoisotopic (exact) mass is 374 g/mol. The first-order valence-electron chi connectivity index (χ1n) is 9.62. The molecule has 0 heterocycles. The zero-order valence-corrected chi connectivity index (χ0v) is 15.6. The maximum atomic E-state index is 12.1. The van der Waals surface area contributed by atoms with Crippen LogP contribution in [0.1, 0.15) is 47.9 Å². The van der Waals surface area contributed by atoms with Gasteiger partial charge in [0.05, 0.1) is 11.4 Å². The molecule has 0 radical (unpaired) electrons. The highest BCUT2D eigenvalue weighted by Gasteiger charge is 2.19. The second-order valence-electron chi connectivity index (χ2n) is 7.02. The number of rotatable bonds is 2. The molecule has 0 fully saturated rings. The zero-order chi connectivity index (χ0) is 19.3. The molecule has 6 nitrogen and oxygen atoms in total. The van der Waals surface area contributed by atoms with Crippen LogP contribution in [0.5, 0.6) is 0 Å². The predicted molar refractivity (Wildman–Crippen MR) is 108 cm³/mol. The number of hydrazone groups is 2. The average molecular weight is 374 g/mol. The van der Waals surface area contributed by atoms with Gasteiger partial charge in [-0.25, -0.2) is 10.9 Å². The summed E-state index contributed by atoms with van der Waals surface area (Å²) in [5.41, 5.74) is 10.8. The summed E-state index contributed by atoms with van der Waals surface area (Å²) in [6.45, 7) is 0. The Labute approximate surface area is 163 Å². The molecule has 0 atom stereocenters. The fourth-order valence-corrected chi connectivity index (χ4v) is 3.77. The summed E-state index contributed by atoms with van der Waals surface area (Å²) < 4.78 is 0. The van der Waals surface area contributed by atoms with Crippen LogP contribution >= 0.6 is 0 Å². The smallest absolute Gasteiger partial charge is 0.262 e. The lowest BCUT2D eigenvalue weighted by molar-refractivity contribution is -0.139. The van der Waals surface area contributed by atoms with Crippen molar-refractivity contribution in [1.29, 1.82) is 0 Å². The highest BCUT2D eigenvalue weighted by molar-refractivity contribution is 6.35. The van der Waals surface area contributed by atoms with Gasteiger partial charge in [-0.3, -0.25) is 9.59 Å². The molecule has 2 aromatic rings. The van der Waals surface area contributed by atoms with E-state index < -0.39 is 11.8 Å². The number of hydrogen-bond acceptors (Lipinski definition) is 4. The Morgan fingerprint density at radius 1 is 0.643 bits per heavy atom. The van der Waals surface area contributed by atoms with Gasteiger partial charge in [-0.05, 0) is 49.7 Å². The van der Waals surface area contributed by atoms with Crippen molar-refractivity contribution in [3.8, 4) is 0 Å². The van der Waals surface area contributed by atoms with Gasteiger partial charge in [0.1, 0.15) is 0 Å². The minimum Gasteiger partial charge on any atom is -0.262 e. The molecule has 142 valence electrons. The molecule has 0 saturated heterocycles. The summed E-state index contributed by atoms with van der Waals surface area (Å²) in [4.78, 5) is 24.2. The van der Waals surface area contributed by atoms with E-state index >= 15 is 0 Å². The Kier molecular flexibility index (Phi) is 5.28. The van der Waals surface area contributed by atoms with Crippen molar-refractivity contribution in [2.75, 3.05) is 0 Å². The van der Waals surface area contributed by atoms with Crippen molar-refractivity contribution in [1.82, 2.24) is 10.9 Å². The van der Waals surface area contributed by atoms with Crippen molar-refractivity contribution in [3.63, 3.8) is 0 Å². The number of fused-ring (bicyclic) bond motifs is 2. The molecular formula is C22H22N4O2. The zero-order valence-electron chi connectivity index (χ0n) is 15.6. The van der Waals surface area contributed by atoms with E-state index in [0.29, 0.717) is 0 Å². The summed E-state index contributed by atoms with van der Waals surface area (Å²) in [6, 6.07) is 16.0. The first-order chi connectivity index (χ1) is 13.7. The van der Waals surface area contributed by atoms with Crippen LogP contribution in [0.25, 0.3) is 0 Å². The molecule has 2 N–H and O–H groups in total. The van der Waals surface area contributed by atoms with Gasteiger partial charge < -0.3 is 0 Å². The lowest BCUT2D eigenvalue weighted by Crippen LogP contribution is -2.36. The predicted octanol–water partition coefficient (Wildman–Crippen LogP) is 2.70. The van der Waals surface area contributed by atoms with Gasteiger partial charge >= 0.3 is 11.8 Å². The van der Waals surface area contributed by atoms with Crippen molar-refractivity contribution >= 4 is 23.2 Å². The molecule has 2 amide bonds. The Hall–Kier alpha value is -3.28. The van der Waals surface area contributed by atoms with Gasteiger partial charge in [-0.15, -0.1) is 0 Å². The Balaban J connectivity index is 1.41. The van der Waals surface area contributed by atoms with Crippen LogP contribution in [0.4, 0.5) is 0 Å². The summed E-state index contributed by atoms with van der Waals surface area (Å²) in [7, 11) is 0. The van der Waals surface area contributed by atoms with Crippen molar-refractivity contribution in [2.24, 2.45) is 10.2 Å². The number of nitrogens with one attached hydrogen (secondary N) is 2. The number of amides is 2. The van der Waals surface area contributed by atoms with Gasteiger partial charge in [0.2, 0.25) is 0 Å². The molecule has 28 heavy (non-hydrogen) atoms. The second kappa shape index (κ2) is 8.17. The van der Waals surface area contributed by atoms with Crippen LogP contribution < -0.4 is 10.9 Å². The van der Waals surface area contributed by atoms with Crippen LogP contribution in [-0.4, -0.2) is 23.2 Å². The number of carbonyl (C=O) groups excluding carboxylic acids is 2. The van der Waals surface area contributed by atoms with Crippen LogP contribution in [0.3, 0.4) is 0 Å². The van der Waals surface area contributed by atoms with E-state index in [1.165, 1.54) is 11.1 Å². The molecule has 0 saturated carbocycles. The van der Waals surface area contributed by atoms with E-state index in [1.807, 2.05) is 36.4 Å². The maximum Gasteiger partial charge on any atom is 0.331 e. The molecular weight excluding hydrogens is 352 g/mol. The van der Waals surface area contributed by atoms with Crippen LogP contribution in [-0.2, 0) is 22.4 Å². The number of aryl methyl sites for hydroxylation is 2. The van der Waals surface area contributed by atoms with Gasteiger partial charge in [0, 0.05) is 11.1 Å². The summed E-state index contributed by atoms with van der Waals surface area (Å²) in [5.74, 6) is -1.63. The van der Waals surface area contributed by atoms with E-state index in [4.69, 9.17) is 0 Å². The average Bonchev–Trinajstić information content (AvgIpc) is 2.75. The minimum absolute atomic E-state index is 0.776. The van der Waals surface area contributed by atoms with E-state index in [0.717, 1.165) is 61.1 Å². The van der Waals surface area contributed by atoms with Gasteiger partial charge in [-0.2, -0.15) is 10.2 Å². The van der Waals surface area contributed by atoms with Gasteiger partial charge in [0.15, 0.2) is 0 Å². The number of carbonyl (C=O) groups is 2. The molecule has 0 spiro atoms. The molecule has 0 unspecified atom stereocenters. The number of benzene rings is 2. The first-order valence-corrected chi connectivity index (χ1v) is 9.62. The highest BCUT2D eigenvalue weighted by atomic mass is 16.2. The molecule has 0 aromatic heterocycles. The summed E-state index contributed by atoms with van der Waals surface area (Å²) >= 11 is 0. The molecule has 0 aliphatic heterocycles. The molecule has 2 aliphatic rings. The van der Waals surface area contributed by atoms with Crippen molar-refractivity contribution in [3.05, 3.63) is 70.8 Å². The molecule has 2 aromatic carbocycles. The lowest BCUT2D eigenvalue weighted by atomic mass is 9.90. The standard InChI is InChI=1S/C22H22N4O2/c27-21(25-23-19-13-5-9-15-7-1-3-11-17(15)19)22(28)26-24-20-14-6-10-16-8-2-4-12-18(16)20/h1-4,7-8,11-12H,5-6,9-10,13-14H2,(H,25,27)(H,26,28). The van der Waals surface area contributed by atoms with E-state index in [9.17, 15) is 9.59 Å². The molecule has 4 rings (SSSR count). The Bertz CT molecular complexity index is 899. The Morgan fingerprint density at radius 3 is 1.54 bits per heavy atom. The van der Waals surface area contributed by atoms with Crippen LogP contribution in [0, 0.1) is 0 Å². The van der Waals surface area contributed by atoms with Crippen molar-refractivity contribution < 1.29 is 9.59 Å². The summed E-state index contributed by atoms with van der Waals surface area (Å²) in [6.07, 6.45) is 5.51. The third-order valence-corrected chi connectivity index (χ3v) is 5.17. The first kappa shape index (κ1) is 18.1. The molecule has 0 bridgehead atoms. The van der Waals surface area contributed by atoms with Crippen molar-refractivity contribution in [2.45, 2.75) is 38.5 Å². The third-order valence-electron chi connectivity index (χ3n) is 5.17. The molecule has 2 aliphatic carbocycles. The fraction of sp³-hybridized carbons (Fsp3) is 0.273. The van der Waals surface area contributed by atoms with Crippen LogP contribution in [0.15, 0.2) is 58.7 Å². The van der Waals surface area contributed by atoms with E-state index in [1.54, 1.807) is 0 Å². The highest BCUT2D eigenvalue weighted by Crippen LogP contribution is 2.22. The Morgan fingerprint density at radius 2 is 1.07 bits per heavy atom. The lowest BCUT2D eigenvalue weighted by Gasteiger charge is -2.17. The van der Waals surface area contributed by atoms with Gasteiger partial charge in [0.25, 0.3) is 0 Å². The van der Waals surface area contributed by atoms with E-state index in [2.05, 4.69) is 33.2 Å². The second-order valence-corrected chi connectivity index (χ2v) is 7.02. The topological polar surface area (TPSA) is 82.9 Å². The number of nitrogens with zero attached hydrogens (tertiary/aromatic N) is 2. The third kappa shape index (κ3) is 3.86.